The summed E-state index contributed by atoms with van der Waals surface area (Å²) in [5.74, 6) is 0.0856. The maximum atomic E-state index is 12.3. The first-order valence-electron chi connectivity index (χ1n) is 9.30. The molecule has 1 saturated heterocycles. The molecule has 3 amide bonds. The molecule has 1 heterocycles. The van der Waals surface area contributed by atoms with Crippen LogP contribution in [0.2, 0.25) is 0 Å². The van der Waals surface area contributed by atoms with E-state index in [1.807, 2.05) is 6.07 Å². The number of benzene rings is 1. The van der Waals surface area contributed by atoms with E-state index < -0.39 is 0 Å². The van der Waals surface area contributed by atoms with Crippen molar-refractivity contribution in [3.8, 4) is 0 Å². The lowest BCUT2D eigenvalue weighted by atomic mass is 9.80. The number of nitrogens with zero attached hydrogens (tertiary/aromatic N) is 1. The Morgan fingerprint density at radius 3 is 2.44 bits per heavy atom. The molecule has 0 unspecified atom stereocenters. The van der Waals surface area contributed by atoms with Crippen molar-refractivity contribution in [3.63, 3.8) is 0 Å². The van der Waals surface area contributed by atoms with Crippen LogP contribution in [-0.2, 0) is 20.8 Å². The van der Waals surface area contributed by atoms with Crippen molar-refractivity contribution in [2.45, 2.75) is 57.4 Å². The quantitative estimate of drug-likeness (QED) is 0.808. The lowest BCUT2D eigenvalue weighted by Crippen LogP contribution is -2.44. The highest BCUT2D eigenvalue weighted by atomic mass is 16.2. The third kappa shape index (κ3) is 4.68. The Balaban J connectivity index is 1.51. The van der Waals surface area contributed by atoms with Crippen molar-refractivity contribution in [1.82, 2.24) is 10.2 Å². The van der Waals surface area contributed by atoms with Crippen LogP contribution in [0.1, 0.15) is 50.5 Å². The molecule has 2 aliphatic rings. The van der Waals surface area contributed by atoms with E-state index in [1.54, 1.807) is 0 Å². The van der Waals surface area contributed by atoms with Crippen LogP contribution in [-0.4, -0.2) is 35.2 Å². The first-order chi connectivity index (χ1) is 12.1. The van der Waals surface area contributed by atoms with Gasteiger partial charge in [0.05, 0.1) is 0 Å². The number of imide groups is 1. The summed E-state index contributed by atoms with van der Waals surface area (Å²) in [7, 11) is 0. The Morgan fingerprint density at radius 1 is 1.04 bits per heavy atom. The molecule has 1 saturated carbocycles. The van der Waals surface area contributed by atoms with Gasteiger partial charge in [-0.3, -0.25) is 19.3 Å². The summed E-state index contributed by atoms with van der Waals surface area (Å²) in [6, 6.07) is 10.6. The SMILES string of the molecule is O=C(CCN1C(=O)CCC1=O)N[C@@H]1CCCC[C@H]1Cc1ccccc1. The number of hydrogen-bond acceptors (Lipinski definition) is 3. The highest BCUT2D eigenvalue weighted by molar-refractivity contribution is 6.02. The summed E-state index contributed by atoms with van der Waals surface area (Å²) in [5.41, 5.74) is 1.31. The normalized spacial score (nSPS) is 23.8. The number of nitrogens with one attached hydrogen (secondary N) is 1. The van der Waals surface area contributed by atoms with Gasteiger partial charge in [0.15, 0.2) is 0 Å². The fourth-order valence-corrected chi connectivity index (χ4v) is 3.92. The van der Waals surface area contributed by atoms with Gasteiger partial charge in [-0.15, -0.1) is 0 Å². The van der Waals surface area contributed by atoms with Gasteiger partial charge in [-0.2, -0.15) is 0 Å². The van der Waals surface area contributed by atoms with Gasteiger partial charge >= 0.3 is 0 Å². The molecule has 1 N–H and O–H groups in total. The molecule has 0 aromatic heterocycles. The number of hydrogen-bond donors (Lipinski definition) is 1. The minimum atomic E-state index is -0.155. The van der Waals surface area contributed by atoms with Crippen LogP contribution in [0.5, 0.6) is 0 Å². The van der Waals surface area contributed by atoms with Crippen LogP contribution in [0.25, 0.3) is 0 Å². The molecule has 1 aliphatic heterocycles. The number of carbonyl (C=O) groups excluding carboxylic acids is 3. The van der Waals surface area contributed by atoms with E-state index >= 15 is 0 Å². The summed E-state index contributed by atoms with van der Waals surface area (Å²) in [6.07, 6.45) is 6.22. The van der Waals surface area contributed by atoms with Gasteiger partial charge in [-0.25, -0.2) is 0 Å². The molecule has 1 aromatic carbocycles. The second-order valence-electron chi connectivity index (χ2n) is 7.10. The zero-order chi connectivity index (χ0) is 17.6. The average molecular weight is 342 g/mol. The summed E-state index contributed by atoms with van der Waals surface area (Å²) >= 11 is 0. The molecule has 134 valence electrons. The summed E-state index contributed by atoms with van der Waals surface area (Å²) in [5, 5.41) is 3.15. The predicted octanol–water partition coefficient (Wildman–Crippen LogP) is 2.44. The van der Waals surface area contributed by atoms with Crippen molar-refractivity contribution in [2.75, 3.05) is 6.54 Å². The second kappa shape index (κ2) is 8.28. The Bertz CT molecular complexity index is 613. The lowest BCUT2D eigenvalue weighted by Gasteiger charge is -2.32. The van der Waals surface area contributed by atoms with Crippen molar-refractivity contribution >= 4 is 17.7 Å². The Morgan fingerprint density at radius 2 is 1.72 bits per heavy atom. The molecule has 0 spiro atoms. The average Bonchev–Trinajstić information content (AvgIpc) is 2.94. The third-order valence-electron chi connectivity index (χ3n) is 5.31. The van der Waals surface area contributed by atoms with Crippen LogP contribution >= 0.6 is 0 Å². The second-order valence-corrected chi connectivity index (χ2v) is 7.10. The largest absolute Gasteiger partial charge is 0.353 e. The van der Waals surface area contributed by atoms with E-state index in [9.17, 15) is 14.4 Å². The molecule has 0 bridgehead atoms. The molecule has 3 rings (SSSR count). The molecule has 25 heavy (non-hydrogen) atoms. The number of rotatable bonds is 6. The zero-order valence-electron chi connectivity index (χ0n) is 14.6. The Kier molecular flexibility index (Phi) is 5.84. The summed E-state index contributed by atoms with van der Waals surface area (Å²) in [4.78, 5) is 36.8. The minimum absolute atomic E-state index is 0.0579. The summed E-state index contributed by atoms with van der Waals surface area (Å²) in [6.45, 7) is 0.208. The molecule has 1 aromatic rings. The molecule has 0 radical (unpaired) electrons. The van der Waals surface area contributed by atoms with Gasteiger partial charge in [-0.1, -0.05) is 43.2 Å². The van der Waals surface area contributed by atoms with Crippen LogP contribution in [0.4, 0.5) is 0 Å². The lowest BCUT2D eigenvalue weighted by molar-refractivity contribution is -0.138. The molecule has 2 fully saturated rings. The van der Waals surface area contributed by atoms with Crippen molar-refractivity contribution in [2.24, 2.45) is 5.92 Å². The van der Waals surface area contributed by atoms with E-state index in [-0.39, 0.29) is 49.6 Å². The van der Waals surface area contributed by atoms with E-state index in [1.165, 1.54) is 16.9 Å². The highest BCUT2D eigenvalue weighted by Gasteiger charge is 2.30. The Labute approximate surface area is 148 Å². The predicted molar refractivity (Wildman–Crippen MR) is 94.6 cm³/mol. The first-order valence-corrected chi connectivity index (χ1v) is 9.30. The van der Waals surface area contributed by atoms with Gasteiger partial charge in [0, 0.05) is 31.8 Å². The van der Waals surface area contributed by atoms with Gasteiger partial charge < -0.3 is 5.32 Å². The zero-order valence-corrected chi connectivity index (χ0v) is 14.6. The Hall–Kier alpha value is -2.17. The molecule has 5 nitrogen and oxygen atoms in total. The van der Waals surface area contributed by atoms with Crippen LogP contribution in [0.3, 0.4) is 0 Å². The molecule has 1 aliphatic carbocycles. The van der Waals surface area contributed by atoms with Crippen LogP contribution in [0, 0.1) is 5.92 Å². The number of likely N-dealkylation sites (tertiary alicyclic amines) is 1. The maximum Gasteiger partial charge on any atom is 0.229 e. The van der Waals surface area contributed by atoms with Gasteiger partial charge in [-0.05, 0) is 30.7 Å². The summed E-state index contributed by atoms with van der Waals surface area (Å²) < 4.78 is 0. The van der Waals surface area contributed by atoms with Gasteiger partial charge in [0.1, 0.15) is 0 Å². The van der Waals surface area contributed by atoms with Crippen LogP contribution in [0.15, 0.2) is 30.3 Å². The van der Waals surface area contributed by atoms with E-state index in [4.69, 9.17) is 0 Å². The third-order valence-corrected chi connectivity index (χ3v) is 5.31. The molecular weight excluding hydrogens is 316 g/mol. The first kappa shape index (κ1) is 17.6. The minimum Gasteiger partial charge on any atom is -0.353 e. The monoisotopic (exact) mass is 342 g/mol. The van der Waals surface area contributed by atoms with Crippen molar-refractivity contribution < 1.29 is 14.4 Å². The maximum absolute atomic E-state index is 12.3. The fraction of sp³-hybridized carbons (Fsp3) is 0.550. The topological polar surface area (TPSA) is 66.5 Å². The van der Waals surface area contributed by atoms with Crippen LogP contribution < -0.4 is 5.32 Å². The van der Waals surface area contributed by atoms with E-state index in [0.717, 1.165) is 25.7 Å². The van der Waals surface area contributed by atoms with E-state index in [0.29, 0.717) is 5.92 Å². The molecular formula is C20H26N2O3. The highest BCUT2D eigenvalue weighted by Crippen LogP contribution is 2.27. The number of carbonyl (C=O) groups is 3. The van der Waals surface area contributed by atoms with Crippen molar-refractivity contribution in [3.05, 3.63) is 35.9 Å². The van der Waals surface area contributed by atoms with Gasteiger partial charge in [0.2, 0.25) is 17.7 Å². The standard InChI is InChI=1S/C20H26N2O3/c23-18(12-13-22-19(24)10-11-20(22)25)21-17-9-5-4-8-16(17)14-15-6-2-1-3-7-15/h1-3,6-7,16-17H,4-5,8-14H2,(H,21,23)/t16-,17+/m0/s1. The van der Waals surface area contributed by atoms with Gasteiger partial charge in [0.25, 0.3) is 0 Å². The smallest absolute Gasteiger partial charge is 0.229 e. The van der Waals surface area contributed by atoms with E-state index in [2.05, 4.69) is 29.6 Å². The number of amides is 3. The fourth-order valence-electron chi connectivity index (χ4n) is 3.92. The van der Waals surface area contributed by atoms with Crippen molar-refractivity contribution in [1.29, 1.82) is 0 Å². The molecule has 5 heteroatoms. The molecule has 2 atom stereocenters.